The van der Waals surface area contributed by atoms with Gasteiger partial charge in [0.05, 0.1) is 6.54 Å². The van der Waals surface area contributed by atoms with Crippen LogP contribution >= 0.6 is 11.3 Å². The summed E-state index contributed by atoms with van der Waals surface area (Å²) in [5, 5.41) is 0.969. The summed E-state index contributed by atoms with van der Waals surface area (Å²) in [6.45, 7) is 3.90. The number of fused-ring (bicyclic) bond motifs is 1. The lowest BCUT2D eigenvalue weighted by molar-refractivity contribution is -0.143. The summed E-state index contributed by atoms with van der Waals surface area (Å²) in [4.78, 5) is 34.1. The van der Waals surface area contributed by atoms with Crippen LogP contribution in [0.5, 0.6) is 0 Å². The van der Waals surface area contributed by atoms with E-state index in [9.17, 15) is 9.59 Å². The fourth-order valence-electron chi connectivity index (χ4n) is 3.09. The van der Waals surface area contributed by atoms with E-state index in [2.05, 4.69) is 11.9 Å². The van der Waals surface area contributed by atoms with E-state index in [1.165, 1.54) is 4.88 Å². The Morgan fingerprint density at radius 1 is 1.33 bits per heavy atom. The summed E-state index contributed by atoms with van der Waals surface area (Å²) >= 11 is 1.66. The first kappa shape index (κ1) is 14.5. The minimum atomic E-state index is -0.237. The number of carbonyl (C=O) groups excluding carboxylic acids is 2. The van der Waals surface area contributed by atoms with Gasteiger partial charge < -0.3 is 9.80 Å². The van der Waals surface area contributed by atoms with E-state index < -0.39 is 0 Å². The topological polar surface area (TPSA) is 53.5 Å². The number of piperidine rings is 1. The number of rotatable bonds is 3. The second kappa shape index (κ2) is 6.13. The highest BCUT2D eigenvalue weighted by Crippen LogP contribution is 2.24. The van der Waals surface area contributed by atoms with Gasteiger partial charge in [0, 0.05) is 30.6 Å². The molecule has 0 saturated carbocycles. The van der Waals surface area contributed by atoms with Gasteiger partial charge in [0.25, 0.3) is 0 Å². The Labute approximate surface area is 129 Å². The van der Waals surface area contributed by atoms with Gasteiger partial charge in [0.15, 0.2) is 0 Å². The molecule has 114 valence electrons. The molecule has 2 fully saturated rings. The largest absolute Gasteiger partial charge is 0.334 e. The van der Waals surface area contributed by atoms with Gasteiger partial charge in [-0.25, -0.2) is 4.98 Å². The Balaban J connectivity index is 1.75. The molecule has 0 bridgehead atoms. The number of aromatic nitrogens is 1. The molecule has 2 saturated heterocycles. The third-order valence-corrected chi connectivity index (χ3v) is 5.42. The first-order valence-electron chi connectivity index (χ1n) is 7.71. The zero-order valence-electron chi connectivity index (χ0n) is 12.4. The Morgan fingerprint density at radius 2 is 2.19 bits per heavy atom. The molecule has 0 aromatic carbocycles. The molecule has 0 spiro atoms. The predicted octanol–water partition coefficient (Wildman–Crippen LogP) is 1.82. The number of hydrogen-bond acceptors (Lipinski definition) is 4. The number of nitrogens with zero attached hydrogens (tertiary/aromatic N) is 3. The molecule has 3 rings (SSSR count). The van der Waals surface area contributed by atoms with Gasteiger partial charge >= 0.3 is 0 Å². The summed E-state index contributed by atoms with van der Waals surface area (Å²) in [6.07, 6.45) is 6.15. The average Bonchev–Trinajstić information content (AvgIpc) is 2.93. The number of thiazole rings is 1. The van der Waals surface area contributed by atoms with Crippen LogP contribution in [0.1, 0.15) is 42.5 Å². The summed E-state index contributed by atoms with van der Waals surface area (Å²) in [7, 11) is 0. The smallest absolute Gasteiger partial charge is 0.245 e. The molecule has 6 heteroatoms. The second-order valence-corrected chi connectivity index (χ2v) is 6.88. The van der Waals surface area contributed by atoms with Crippen molar-refractivity contribution in [3.63, 3.8) is 0 Å². The predicted molar refractivity (Wildman–Crippen MR) is 80.9 cm³/mol. The van der Waals surface area contributed by atoms with Gasteiger partial charge in [0.2, 0.25) is 11.8 Å². The molecule has 1 unspecified atom stereocenters. The highest BCUT2D eigenvalue weighted by atomic mass is 32.1. The summed E-state index contributed by atoms with van der Waals surface area (Å²) in [6, 6.07) is -0.237. The van der Waals surface area contributed by atoms with Gasteiger partial charge in [-0.1, -0.05) is 6.92 Å². The van der Waals surface area contributed by atoms with Crippen LogP contribution in [0.3, 0.4) is 0 Å². The molecule has 5 nitrogen and oxygen atoms in total. The maximum absolute atomic E-state index is 12.7. The Hall–Kier alpha value is -1.43. The highest BCUT2D eigenvalue weighted by molar-refractivity contribution is 7.11. The lowest BCUT2D eigenvalue weighted by Crippen LogP contribution is -2.49. The van der Waals surface area contributed by atoms with Crippen LogP contribution in [0.2, 0.25) is 0 Å². The van der Waals surface area contributed by atoms with Crippen LogP contribution in [0.25, 0.3) is 0 Å². The number of aryl methyl sites for hydroxylation is 1. The zero-order chi connectivity index (χ0) is 14.8. The van der Waals surface area contributed by atoms with Crippen LogP contribution in [0, 0.1) is 0 Å². The van der Waals surface area contributed by atoms with Gasteiger partial charge in [-0.3, -0.25) is 9.59 Å². The van der Waals surface area contributed by atoms with Gasteiger partial charge in [-0.05, 0) is 25.7 Å². The molecular weight excluding hydrogens is 286 g/mol. The van der Waals surface area contributed by atoms with E-state index in [1.807, 2.05) is 11.1 Å². The molecule has 2 aliphatic heterocycles. The van der Waals surface area contributed by atoms with Crippen molar-refractivity contribution in [3.8, 4) is 0 Å². The third-order valence-electron chi connectivity index (χ3n) is 4.29. The molecule has 2 aliphatic rings. The first-order chi connectivity index (χ1) is 10.2. The van der Waals surface area contributed by atoms with Crippen molar-refractivity contribution in [2.75, 3.05) is 13.1 Å². The van der Waals surface area contributed by atoms with Crippen LogP contribution < -0.4 is 0 Å². The molecule has 1 atom stereocenters. The minimum absolute atomic E-state index is 0.105. The third kappa shape index (κ3) is 2.95. The molecule has 1 aromatic heterocycles. The molecule has 0 aliphatic carbocycles. The molecule has 21 heavy (non-hydrogen) atoms. The molecule has 3 heterocycles. The lowest BCUT2D eigenvalue weighted by atomic mass is 10.0. The molecule has 0 N–H and O–H groups in total. The maximum Gasteiger partial charge on any atom is 0.245 e. The fourth-order valence-corrected chi connectivity index (χ4v) is 3.96. The molecule has 1 aromatic rings. The van der Waals surface area contributed by atoms with Crippen molar-refractivity contribution >= 4 is 23.2 Å². The fraction of sp³-hybridized carbons (Fsp3) is 0.667. The van der Waals surface area contributed by atoms with Crippen LogP contribution in [-0.2, 0) is 22.6 Å². The second-order valence-electron chi connectivity index (χ2n) is 5.68. The first-order valence-corrected chi connectivity index (χ1v) is 8.52. The van der Waals surface area contributed by atoms with Gasteiger partial charge in [-0.15, -0.1) is 11.3 Å². The molecule has 0 radical (unpaired) electrons. The van der Waals surface area contributed by atoms with Crippen LogP contribution in [-0.4, -0.2) is 45.7 Å². The van der Waals surface area contributed by atoms with E-state index in [-0.39, 0.29) is 17.9 Å². The van der Waals surface area contributed by atoms with E-state index in [0.29, 0.717) is 19.5 Å². The quantitative estimate of drug-likeness (QED) is 0.856. The van der Waals surface area contributed by atoms with Crippen molar-refractivity contribution in [1.29, 1.82) is 0 Å². The molecular formula is C15H21N3O2S. The summed E-state index contributed by atoms with van der Waals surface area (Å²) in [5.41, 5.74) is 0. The maximum atomic E-state index is 12.7. The SMILES string of the molecule is CCc1cnc(CN2CCC(=O)N3CCCCC3C2=O)s1. The Kier molecular flexibility index (Phi) is 4.24. The Morgan fingerprint density at radius 3 is 2.95 bits per heavy atom. The number of amides is 2. The highest BCUT2D eigenvalue weighted by Gasteiger charge is 2.37. The minimum Gasteiger partial charge on any atom is -0.334 e. The van der Waals surface area contributed by atoms with Crippen LogP contribution in [0.15, 0.2) is 6.20 Å². The number of hydrogen-bond donors (Lipinski definition) is 0. The van der Waals surface area contributed by atoms with Crippen molar-refractivity contribution in [2.45, 2.75) is 51.6 Å². The Bertz CT molecular complexity index is 543. The van der Waals surface area contributed by atoms with Gasteiger partial charge in [-0.2, -0.15) is 0 Å². The van der Waals surface area contributed by atoms with Crippen molar-refractivity contribution < 1.29 is 9.59 Å². The van der Waals surface area contributed by atoms with E-state index in [0.717, 1.165) is 37.2 Å². The van der Waals surface area contributed by atoms with E-state index >= 15 is 0 Å². The zero-order valence-corrected chi connectivity index (χ0v) is 13.2. The lowest BCUT2D eigenvalue weighted by Gasteiger charge is -2.34. The van der Waals surface area contributed by atoms with E-state index in [1.54, 1.807) is 16.2 Å². The van der Waals surface area contributed by atoms with Gasteiger partial charge in [0.1, 0.15) is 11.0 Å². The summed E-state index contributed by atoms with van der Waals surface area (Å²) in [5.74, 6) is 0.234. The average molecular weight is 307 g/mol. The number of carbonyl (C=O) groups is 2. The molecule has 2 amide bonds. The van der Waals surface area contributed by atoms with Crippen molar-refractivity contribution in [3.05, 3.63) is 16.1 Å². The van der Waals surface area contributed by atoms with Crippen molar-refractivity contribution in [2.24, 2.45) is 0 Å². The monoisotopic (exact) mass is 307 g/mol. The normalized spacial score (nSPS) is 23.2. The van der Waals surface area contributed by atoms with Crippen LogP contribution in [0.4, 0.5) is 0 Å². The van der Waals surface area contributed by atoms with Crippen molar-refractivity contribution in [1.82, 2.24) is 14.8 Å². The standard InChI is InChI=1S/C15H21N3O2S/c1-2-11-9-16-13(21-11)10-17-8-6-14(19)18-7-4-3-5-12(18)15(17)20/h9,12H,2-8,10H2,1H3. The van der Waals surface area contributed by atoms with E-state index in [4.69, 9.17) is 0 Å². The summed E-state index contributed by atoms with van der Waals surface area (Å²) < 4.78 is 0.